The van der Waals surface area contributed by atoms with Crippen LogP contribution in [0.15, 0.2) is 36.3 Å². The zero-order valence-electron chi connectivity index (χ0n) is 48.5. The Kier molecular flexibility index (Phi) is 8.04. The maximum absolute atomic E-state index is 14.4. The van der Waals surface area contributed by atoms with Crippen LogP contribution in [0.4, 0.5) is 11.4 Å². The van der Waals surface area contributed by atoms with Gasteiger partial charge in [0, 0.05) is 90.9 Å². The molecule has 2 aliphatic heterocycles. The quantitative estimate of drug-likeness (QED) is 0.114. The molecule has 4 saturated carbocycles. The van der Waals surface area contributed by atoms with E-state index in [1.807, 2.05) is 0 Å². The van der Waals surface area contributed by atoms with E-state index in [0.717, 1.165) is 80.1 Å². The van der Waals surface area contributed by atoms with Crippen LogP contribution in [0.5, 0.6) is 0 Å². The van der Waals surface area contributed by atoms with Crippen molar-refractivity contribution in [2.75, 3.05) is 50.5 Å². The number of aromatic nitrogens is 4. The Morgan fingerprint density at radius 3 is 1.83 bits per heavy atom. The maximum Gasteiger partial charge on any atom is 0.309 e. The highest BCUT2D eigenvalue weighted by Crippen LogP contribution is 2.64. The molecule has 0 radical (unpaired) electrons. The SMILES string of the molecule is [2H]c1c([2H])c(NC(=O)c2nc3c(n2C([2H])([2H])[2H])CCN(CCC24CCC(C(=O)O)(CC2)C4)C3)c(C)c(-c2c([2H])c([2H])c([2H])c(NC(=O)c3nc4c(n3C([2H])([2H])[2H])CCN(CCC35CCC(COC)(CC3)C5)C4)c2Cl)c1[2H]. The van der Waals surface area contributed by atoms with E-state index in [0.29, 0.717) is 74.6 Å². The number of nitrogens with one attached hydrogen (secondary N) is 2. The summed E-state index contributed by atoms with van der Waals surface area (Å²) in [5.74, 6) is -3.82. The molecule has 4 aliphatic carbocycles. The first-order valence-corrected chi connectivity index (χ1v) is 23.0. The van der Waals surface area contributed by atoms with Gasteiger partial charge in [0.1, 0.15) is 0 Å². The monoisotopic (exact) mass is 903 g/mol. The van der Waals surface area contributed by atoms with Gasteiger partial charge in [0.15, 0.2) is 11.6 Å². The fraction of sp³-hybridized carbons (Fsp3) is 0.580. The van der Waals surface area contributed by atoms with Crippen molar-refractivity contribution in [2.45, 2.75) is 110 Å². The molecule has 14 heteroatoms. The number of benzene rings is 2. The van der Waals surface area contributed by atoms with Crippen LogP contribution in [-0.4, -0.2) is 91.7 Å². The smallest absolute Gasteiger partial charge is 0.309 e. The van der Waals surface area contributed by atoms with E-state index in [4.69, 9.17) is 32.8 Å². The number of halogens is 1. The van der Waals surface area contributed by atoms with Gasteiger partial charge in [-0.2, -0.15) is 0 Å². The first kappa shape index (κ1) is 31.4. The number of aliphatic carboxylic acids is 1. The van der Waals surface area contributed by atoms with Crippen LogP contribution < -0.4 is 10.6 Å². The number of carboxylic acid groups (broad SMARTS) is 1. The van der Waals surface area contributed by atoms with Crippen molar-refractivity contribution in [3.8, 4) is 11.1 Å². The first-order chi connectivity index (χ1) is 35.7. The number of amides is 2. The number of methoxy groups -OCH3 is 1. The topological polar surface area (TPSA) is 147 Å². The Morgan fingerprint density at radius 1 is 0.766 bits per heavy atom. The van der Waals surface area contributed by atoms with E-state index in [-0.39, 0.29) is 46.0 Å². The van der Waals surface area contributed by atoms with Crippen LogP contribution in [0.1, 0.15) is 143 Å². The largest absolute Gasteiger partial charge is 0.481 e. The fourth-order valence-corrected chi connectivity index (χ4v) is 12.7. The molecule has 4 aromatic rings. The molecular weight excluding hydrogens is 828 g/mol. The van der Waals surface area contributed by atoms with Crippen LogP contribution >= 0.6 is 11.6 Å². The van der Waals surface area contributed by atoms with Gasteiger partial charge in [-0.05, 0) is 137 Å². The molecule has 0 atom stereocenters. The number of ether oxygens (including phenoxy) is 1. The van der Waals surface area contributed by atoms with Crippen molar-refractivity contribution in [2.24, 2.45) is 35.6 Å². The summed E-state index contributed by atoms with van der Waals surface area (Å²) in [7, 11) is 1.75. The van der Waals surface area contributed by atoms with Crippen molar-refractivity contribution in [3.05, 3.63) is 81.3 Å². The predicted octanol–water partition coefficient (Wildman–Crippen LogP) is 8.42. The molecule has 4 heterocycles. The lowest BCUT2D eigenvalue weighted by molar-refractivity contribution is -0.148. The van der Waals surface area contributed by atoms with Crippen LogP contribution in [0, 0.1) is 28.6 Å². The summed E-state index contributed by atoms with van der Waals surface area (Å²) < 4.78 is 112. The Morgan fingerprint density at radius 2 is 1.28 bits per heavy atom. The maximum atomic E-state index is 14.4. The molecule has 2 amide bonds. The number of fused-ring (bicyclic) bond motifs is 6. The second kappa shape index (κ2) is 16.4. The number of carbonyl (C=O) groups excluding carboxylic acids is 2. The highest BCUT2D eigenvalue weighted by molar-refractivity contribution is 6.36. The molecule has 64 heavy (non-hydrogen) atoms. The second-order valence-corrected chi connectivity index (χ2v) is 20.2. The molecule has 340 valence electrons. The third-order valence-electron chi connectivity index (χ3n) is 16.2. The molecule has 0 unspecified atom stereocenters. The molecule has 13 nitrogen and oxygen atoms in total. The third kappa shape index (κ3) is 7.57. The van der Waals surface area contributed by atoms with E-state index < -0.39 is 101 Å². The number of hydrogen-bond acceptors (Lipinski definition) is 8. The summed E-state index contributed by atoms with van der Waals surface area (Å²) in [5.41, 5.74) is -0.400. The van der Waals surface area contributed by atoms with Crippen LogP contribution in [0.3, 0.4) is 0 Å². The lowest BCUT2D eigenvalue weighted by Crippen LogP contribution is -2.34. The average molecular weight is 904 g/mol. The minimum atomic E-state index is -2.86. The number of rotatable bonds is 14. The molecule has 6 aliphatic rings. The summed E-state index contributed by atoms with van der Waals surface area (Å²) in [4.78, 5) is 54.2. The molecule has 0 saturated heterocycles. The van der Waals surface area contributed by atoms with E-state index >= 15 is 0 Å². The third-order valence-corrected chi connectivity index (χ3v) is 16.6. The normalized spacial score (nSPS) is 30.3. The van der Waals surface area contributed by atoms with Crippen molar-refractivity contribution in [1.82, 2.24) is 28.9 Å². The highest BCUT2D eigenvalue weighted by Gasteiger charge is 2.58. The van der Waals surface area contributed by atoms with Crippen LogP contribution in [0.2, 0.25) is 5.02 Å². The Labute approximate surface area is 398 Å². The Hall–Kier alpha value is -4.56. The van der Waals surface area contributed by atoms with Gasteiger partial charge in [-0.25, -0.2) is 9.97 Å². The Bertz CT molecular complexity index is 3070. The van der Waals surface area contributed by atoms with Crippen molar-refractivity contribution in [1.29, 1.82) is 0 Å². The van der Waals surface area contributed by atoms with Crippen molar-refractivity contribution in [3.63, 3.8) is 0 Å². The molecule has 0 spiro atoms. The summed E-state index contributed by atoms with van der Waals surface area (Å²) in [6.45, 7) is -0.612. The predicted molar refractivity (Wildman–Crippen MR) is 247 cm³/mol. The van der Waals surface area contributed by atoms with E-state index in [2.05, 4.69) is 30.4 Å². The minimum Gasteiger partial charge on any atom is -0.481 e. The second-order valence-electron chi connectivity index (χ2n) is 19.8. The zero-order chi connectivity index (χ0) is 54.8. The van der Waals surface area contributed by atoms with Gasteiger partial charge < -0.3 is 29.6 Å². The highest BCUT2D eigenvalue weighted by atomic mass is 35.5. The fourth-order valence-electron chi connectivity index (χ4n) is 12.4. The average Bonchev–Trinajstić information content (AvgIpc) is 4.24. The summed E-state index contributed by atoms with van der Waals surface area (Å²) >= 11 is 7.00. The van der Waals surface area contributed by atoms with Gasteiger partial charge in [0.2, 0.25) is 0 Å². The van der Waals surface area contributed by atoms with Crippen LogP contribution in [-0.2, 0) is 49.4 Å². The standard InChI is InChI=1S/C50H63ClN8O5/c1-32-33(7-5-9-35(32)54-44(60)42-52-37-28-59(24-12-39(37)56(42)2)26-22-48-17-19-50(30-48,20-18-48)46(62)63)34-8-6-10-36(41(34)51)55-45(61)43-53-38-27-58(23-11-40(38)57(43)3)25-21-47-13-15-49(29-47,16-14-47)31-64-4/h5-10H,11-31H2,1-4H3,(H,54,60)(H,55,61)(H,62,63)/i2D3,3D3,5D,6D,7D,8D,9D,10D. The molecule has 2 aromatic heterocycles. The first-order valence-electron chi connectivity index (χ1n) is 28.6. The van der Waals surface area contributed by atoms with Gasteiger partial charge in [0.05, 0.1) is 42.3 Å². The number of carboxylic acids is 1. The summed E-state index contributed by atoms with van der Waals surface area (Å²) in [5, 5.41) is 14.4. The van der Waals surface area contributed by atoms with E-state index in [9.17, 15) is 19.5 Å². The Balaban J connectivity index is 0.910. The molecule has 3 N–H and O–H groups in total. The van der Waals surface area contributed by atoms with Crippen molar-refractivity contribution < 1.29 is 40.7 Å². The minimum absolute atomic E-state index is 0.0676. The number of nitrogens with zero attached hydrogens (tertiary/aromatic N) is 6. The summed E-state index contributed by atoms with van der Waals surface area (Å²) in [6.07, 6.45) is 11.6. The van der Waals surface area contributed by atoms with Gasteiger partial charge in [-0.3, -0.25) is 24.2 Å². The van der Waals surface area contributed by atoms with Crippen molar-refractivity contribution >= 4 is 40.8 Å². The number of anilines is 2. The molecular formula is C50H63ClN8O5. The van der Waals surface area contributed by atoms with Gasteiger partial charge in [-0.15, -0.1) is 0 Å². The van der Waals surface area contributed by atoms with Crippen LogP contribution in [0.25, 0.3) is 11.1 Å². The number of carbonyl (C=O) groups is 3. The van der Waals surface area contributed by atoms with Gasteiger partial charge in [0.25, 0.3) is 11.8 Å². The molecule has 4 fully saturated rings. The zero-order valence-corrected chi connectivity index (χ0v) is 37.2. The molecule has 4 bridgehead atoms. The van der Waals surface area contributed by atoms with E-state index in [1.54, 1.807) is 7.11 Å². The number of imidazole rings is 2. The molecule has 2 aromatic carbocycles. The summed E-state index contributed by atoms with van der Waals surface area (Å²) in [6, 6.07) is -4.15. The van der Waals surface area contributed by atoms with Gasteiger partial charge in [-0.1, -0.05) is 35.8 Å². The van der Waals surface area contributed by atoms with E-state index in [1.165, 1.54) is 6.92 Å². The number of hydrogen-bond donors (Lipinski definition) is 3. The molecule has 10 rings (SSSR count). The van der Waals surface area contributed by atoms with Gasteiger partial charge >= 0.3 is 5.97 Å². The lowest BCUT2D eigenvalue weighted by atomic mass is 9.80. The lowest BCUT2D eigenvalue weighted by Gasteiger charge is -2.32.